The molecule has 0 radical (unpaired) electrons. The minimum atomic E-state index is -1.24. The van der Waals surface area contributed by atoms with Crippen LogP contribution in [-0.4, -0.2) is 27.9 Å². The van der Waals surface area contributed by atoms with Crippen molar-refractivity contribution in [1.29, 1.82) is 5.41 Å². The molecule has 96 valence electrons. The Hall–Kier alpha value is -2.63. The second-order valence-electron chi connectivity index (χ2n) is 3.17. The summed E-state index contributed by atoms with van der Waals surface area (Å²) >= 11 is 0. The molecule has 18 heavy (non-hydrogen) atoms. The maximum absolute atomic E-state index is 10.7. The largest absolute Gasteiger partial charge is 0.478 e. The van der Waals surface area contributed by atoms with Crippen LogP contribution < -0.4 is 5.73 Å². The first-order valence-electron chi connectivity index (χ1n) is 4.86. The van der Waals surface area contributed by atoms with E-state index in [1.54, 1.807) is 0 Å². The molecular formula is C12H14N2O4. The summed E-state index contributed by atoms with van der Waals surface area (Å²) in [5.74, 6) is -2.42. The molecule has 0 saturated carbocycles. The number of hydrogen-bond acceptors (Lipinski definition) is 4. The molecule has 6 nitrogen and oxygen atoms in total. The zero-order chi connectivity index (χ0) is 14.3. The van der Waals surface area contributed by atoms with E-state index < -0.39 is 11.9 Å². The molecule has 0 saturated heterocycles. The van der Waals surface area contributed by atoms with Crippen molar-refractivity contribution in [3.8, 4) is 0 Å². The zero-order valence-corrected chi connectivity index (χ0v) is 9.80. The summed E-state index contributed by atoms with van der Waals surface area (Å²) in [6, 6.07) is 0. The van der Waals surface area contributed by atoms with Gasteiger partial charge in [-0.05, 0) is 19.1 Å². The summed E-state index contributed by atoms with van der Waals surface area (Å²) in [6.45, 7) is 4.80. The number of aliphatic carboxylic acids is 2. The van der Waals surface area contributed by atoms with E-state index in [9.17, 15) is 9.59 Å². The van der Waals surface area contributed by atoms with Crippen molar-refractivity contribution in [2.75, 3.05) is 0 Å². The van der Waals surface area contributed by atoms with Crippen molar-refractivity contribution in [3.63, 3.8) is 0 Å². The van der Waals surface area contributed by atoms with Gasteiger partial charge in [-0.25, -0.2) is 9.59 Å². The number of carboxylic acid groups (broad SMARTS) is 2. The Balaban J connectivity index is 5.24. The first-order chi connectivity index (χ1) is 8.33. The van der Waals surface area contributed by atoms with Gasteiger partial charge in [0.05, 0.1) is 22.6 Å². The van der Waals surface area contributed by atoms with E-state index in [1.807, 2.05) is 0 Å². The third-order valence-corrected chi connectivity index (χ3v) is 1.95. The number of nitrogens with one attached hydrogen (secondary N) is 1. The van der Waals surface area contributed by atoms with E-state index in [-0.39, 0.29) is 22.6 Å². The van der Waals surface area contributed by atoms with Crippen LogP contribution in [0.1, 0.15) is 6.92 Å². The smallest absolute Gasteiger partial charge is 0.335 e. The second-order valence-corrected chi connectivity index (χ2v) is 3.17. The molecule has 0 heterocycles. The molecule has 0 aliphatic carbocycles. The van der Waals surface area contributed by atoms with E-state index in [0.717, 1.165) is 18.2 Å². The average molecular weight is 250 g/mol. The van der Waals surface area contributed by atoms with E-state index in [4.69, 9.17) is 21.4 Å². The van der Waals surface area contributed by atoms with Crippen molar-refractivity contribution >= 4 is 17.7 Å². The molecule has 6 heteroatoms. The van der Waals surface area contributed by atoms with Gasteiger partial charge in [0.2, 0.25) is 0 Å². The summed E-state index contributed by atoms with van der Waals surface area (Å²) in [5, 5.41) is 25.0. The molecule has 0 fully saturated rings. The highest BCUT2D eigenvalue weighted by atomic mass is 16.4. The van der Waals surface area contributed by atoms with Gasteiger partial charge in [0.15, 0.2) is 0 Å². The fourth-order valence-electron chi connectivity index (χ4n) is 0.961. The van der Waals surface area contributed by atoms with Gasteiger partial charge in [0.1, 0.15) is 0 Å². The normalized spacial score (nSPS) is 13.1. The van der Waals surface area contributed by atoms with E-state index in [2.05, 4.69) is 6.58 Å². The van der Waals surface area contributed by atoms with Crippen molar-refractivity contribution in [2.24, 2.45) is 5.73 Å². The maximum atomic E-state index is 10.7. The van der Waals surface area contributed by atoms with Crippen LogP contribution in [0.3, 0.4) is 0 Å². The van der Waals surface area contributed by atoms with Gasteiger partial charge in [-0.2, -0.15) is 0 Å². The molecule has 5 N–H and O–H groups in total. The summed E-state index contributed by atoms with van der Waals surface area (Å²) < 4.78 is 0. The first kappa shape index (κ1) is 15.4. The lowest BCUT2D eigenvalue weighted by atomic mass is 10.1. The Morgan fingerprint density at radius 2 is 1.67 bits per heavy atom. The summed E-state index contributed by atoms with van der Waals surface area (Å²) in [5.41, 5.74) is 4.77. The van der Waals surface area contributed by atoms with Gasteiger partial charge < -0.3 is 15.9 Å². The Labute approximate surface area is 104 Å². The standard InChI is InChI=1S/C12H14N2O4/c1-3-7(11(15)16)5-9(13)10(14)6-8(4-2)12(17)18/h3-6,13H,1,14H2,2H3,(H,15,16)(H,17,18)/b7-5+,8-4+,10-6-,13-9?. The minimum Gasteiger partial charge on any atom is -0.478 e. The van der Waals surface area contributed by atoms with Crippen LogP contribution in [0.5, 0.6) is 0 Å². The predicted octanol–water partition coefficient (Wildman–Crippen LogP) is 1.08. The van der Waals surface area contributed by atoms with Crippen molar-refractivity contribution in [3.05, 3.63) is 47.7 Å². The average Bonchev–Trinajstić information content (AvgIpc) is 2.31. The van der Waals surface area contributed by atoms with E-state index in [1.165, 1.54) is 13.0 Å². The highest BCUT2D eigenvalue weighted by Crippen LogP contribution is 2.04. The Bertz CT molecular complexity index is 484. The first-order valence-corrected chi connectivity index (χ1v) is 4.86. The molecule has 0 aromatic heterocycles. The van der Waals surface area contributed by atoms with Crippen molar-refractivity contribution in [1.82, 2.24) is 0 Å². The Morgan fingerprint density at radius 3 is 2.00 bits per heavy atom. The van der Waals surface area contributed by atoms with Crippen molar-refractivity contribution < 1.29 is 19.8 Å². The number of allylic oxidation sites excluding steroid dienone is 2. The number of rotatable bonds is 6. The predicted molar refractivity (Wildman–Crippen MR) is 67.3 cm³/mol. The van der Waals surface area contributed by atoms with Crippen LogP contribution in [0.2, 0.25) is 0 Å². The van der Waals surface area contributed by atoms with Gasteiger partial charge in [0, 0.05) is 0 Å². The Kier molecular flexibility index (Phi) is 5.85. The molecule has 0 spiro atoms. The molecule has 0 aliphatic rings. The fourth-order valence-corrected chi connectivity index (χ4v) is 0.961. The molecule has 0 amide bonds. The van der Waals surface area contributed by atoms with E-state index >= 15 is 0 Å². The summed E-state index contributed by atoms with van der Waals surface area (Å²) in [6.07, 6.45) is 4.47. The van der Waals surface area contributed by atoms with Crippen LogP contribution in [0.15, 0.2) is 47.7 Å². The molecule has 0 atom stereocenters. The molecular weight excluding hydrogens is 236 g/mol. The topological polar surface area (TPSA) is 124 Å². The number of carboxylic acids is 2. The van der Waals surface area contributed by atoms with Gasteiger partial charge in [-0.1, -0.05) is 18.7 Å². The molecule has 0 bridgehead atoms. The molecule has 0 aromatic carbocycles. The van der Waals surface area contributed by atoms with Crippen LogP contribution in [-0.2, 0) is 9.59 Å². The van der Waals surface area contributed by atoms with Crippen LogP contribution in [0.25, 0.3) is 0 Å². The zero-order valence-electron chi connectivity index (χ0n) is 9.80. The Morgan fingerprint density at radius 1 is 1.17 bits per heavy atom. The van der Waals surface area contributed by atoms with Gasteiger partial charge in [-0.15, -0.1) is 0 Å². The van der Waals surface area contributed by atoms with Crippen LogP contribution >= 0.6 is 0 Å². The van der Waals surface area contributed by atoms with Crippen molar-refractivity contribution in [2.45, 2.75) is 6.92 Å². The number of carbonyl (C=O) groups is 2. The van der Waals surface area contributed by atoms with Crippen LogP contribution in [0, 0.1) is 5.41 Å². The third kappa shape index (κ3) is 4.48. The third-order valence-electron chi connectivity index (χ3n) is 1.95. The van der Waals surface area contributed by atoms with Gasteiger partial charge in [-0.3, -0.25) is 5.41 Å². The van der Waals surface area contributed by atoms with Crippen LogP contribution in [0.4, 0.5) is 0 Å². The lowest BCUT2D eigenvalue weighted by Gasteiger charge is -2.01. The second kappa shape index (κ2) is 6.85. The monoisotopic (exact) mass is 250 g/mol. The highest BCUT2D eigenvalue weighted by Gasteiger charge is 2.08. The van der Waals surface area contributed by atoms with Gasteiger partial charge in [0.25, 0.3) is 0 Å². The minimum absolute atomic E-state index is 0.0823. The molecule has 0 aliphatic heterocycles. The molecule has 0 unspecified atom stereocenters. The lowest BCUT2D eigenvalue weighted by Crippen LogP contribution is -2.12. The SMILES string of the molecule is C=C/C(=C\C(=N)/C(N)=C/C(=C\C)C(=O)O)C(=O)O. The maximum Gasteiger partial charge on any atom is 0.335 e. The van der Waals surface area contributed by atoms with Gasteiger partial charge >= 0.3 is 11.9 Å². The highest BCUT2D eigenvalue weighted by molar-refractivity contribution is 6.10. The molecule has 0 rings (SSSR count). The summed E-state index contributed by atoms with van der Waals surface area (Å²) in [4.78, 5) is 21.4. The van der Waals surface area contributed by atoms with E-state index in [0.29, 0.717) is 0 Å². The number of nitrogens with two attached hydrogens (primary N) is 1. The molecule has 0 aromatic rings. The quantitative estimate of drug-likeness (QED) is 0.319. The lowest BCUT2D eigenvalue weighted by molar-refractivity contribution is -0.133. The summed E-state index contributed by atoms with van der Waals surface area (Å²) in [7, 11) is 0. The fraction of sp³-hybridized carbons (Fsp3) is 0.0833. The number of hydrogen-bond donors (Lipinski definition) is 4.